The van der Waals surface area contributed by atoms with Crippen molar-refractivity contribution in [3.63, 3.8) is 0 Å². The molecule has 0 radical (unpaired) electrons. The number of hydrogen-bond acceptors (Lipinski definition) is 9. The van der Waals surface area contributed by atoms with Gasteiger partial charge in [0.2, 0.25) is 0 Å². The summed E-state index contributed by atoms with van der Waals surface area (Å²) >= 11 is 0. The lowest BCUT2D eigenvalue weighted by atomic mass is 9.83. The molecule has 0 saturated heterocycles. The molecule has 9 nitrogen and oxygen atoms in total. The zero-order valence-corrected chi connectivity index (χ0v) is 47.3. The zero-order chi connectivity index (χ0) is 53.3. The third-order valence-corrected chi connectivity index (χ3v) is 15.2. The van der Waals surface area contributed by atoms with Crippen LogP contribution in [0.5, 0.6) is 0 Å². The van der Waals surface area contributed by atoms with E-state index in [1.54, 1.807) is 13.0 Å². The van der Waals surface area contributed by atoms with Gasteiger partial charge >= 0.3 is 0 Å². The van der Waals surface area contributed by atoms with Gasteiger partial charge < -0.3 is 46.0 Å². The van der Waals surface area contributed by atoms with Gasteiger partial charge in [0.15, 0.2) is 0 Å². The molecule has 0 aliphatic carbocycles. The van der Waals surface area contributed by atoms with Gasteiger partial charge in [0.1, 0.15) is 0 Å². The van der Waals surface area contributed by atoms with Crippen molar-refractivity contribution in [1.29, 1.82) is 0 Å². The van der Waals surface area contributed by atoms with Crippen LogP contribution < -0.4 is 0 Å². The SMILES string of the molecule is C=CC(C)(O)CCC=C(C)CCC=C(C)CCCC(C)(O)CCCC(C)(O)CCCC(C)(O)CCCC(C)(O)CCCC(C)(O)CCCC(C)(O)CCCC(C)(O)CCCC(C)(O)CCC=C(C)C. The first-order valence-corrected chi connectivity index (χ1v) is 27.5. The fourth-order valence-electron chi connectivity index (χ4n) is 9.83. The van der Waals surface area contributed by atoms with E-state index in [1.807, 2.05) is 55.4 Å². The molecule has 9 unspecified atom stereocenters. The Morgan fingerprint density at radius 1 is 0.304 bits per heavy atom. The molecule has 408 valence electrons. The summed E-state index contributed by atoms with van der Waals surface area (Å²) in [5.41, 5.74) is -3.74. The number of rotatable bonds is 42. The van der Waals surface area contributed by atoms with Crippen LogP contribution in [0, 0.1) is 0 Å². The van der Waals surface area contributed by atoms with Crippen molar-refractivity contribution in [2.24, 2.45) is 0 Å². The minimum absolute atomic E-state index is 0.547. The van der Waals surface area contributed by atoms with E-state index < -0.39 is 50.4 Å². The van der Waals surface area contributed by atoms with Crippen LogP contribution in [-0.2, 0) is 0 Å². The molecule has 0 heterocycles. The third-order valence-electron chi connectivity index (χ3n) is 15.2. The third kappa shape index (κ3) is 38.8. The van der Waals surface area contributed by atoms with Crippen molar-refractivity contribution in [3.8, 4) is 0 Å². The molecule has 69 heavy (non-hydrogen) atoms. The summed E-state index contributed by atoms with van der Waals surface area (Å²) in [6, 6.07) is 0. The Bertz CT molecular complexity index is 1490. The van der Waals surface area contributed by atoms with Crippen molar-refractivity contribution in [2.45, 2.75) is 333 Å². The molecule has 0 aliphatic heterocycles. The molecule has 0 spiro atoms. The van der Waals surface area contributed by atoms with Crippen molar-refractivity contribution in [2.75, 3.05) is 0 Å². The fourth-order valence-corrected chi connectivity index (χ4v) is 9.83. The first-order valence-electron chi connectivity index (χ1n) is 27.5. The molecule has 0 aromatic rings. The lowest BCUT2D eigenvalue weighted by Gasteiger charge is -2.31. The van der Waals surface area contributed by atoms with Crippen molar-refractivity contribution < 1.29 is 46.0 Å². The van der Waals surface area contributed by atoms with Crippen LogP contribution in [0.2, 0.25) is 0 Å². The predicted molar refractivity (Wildman–Crippen MR) is 291 cm³/mol. The molecule has 0 amide bonds. The molecule has 9 N–H and O–H groups in total. The maximum absolute atomic E-state index is 11.2. The highest BCUT2D eigenvalue weighted by Crippen LogP contribution is 2.33. The molecule has 9 heteroatoms. The molecular weight excluding hydrogens is 865 g/mol. The molecule has 0 bridgehead atoms. The minimum Gasteiger partial charge on any atom is -0.390 e. The van der Waals surface area contributed by atoms with Crippen LogP contribution in [0.3, 0.4) is 0 Å². The van der Waals surface area contributed by atoms with Crippen molar-refractivity contribution >= 4 is 0 Å². The Kier molecular flexibility index (Phi) is 30.7. The van der Waals surface area contributed by atoms with E-state index in [1.165, 1.54) is 16.7 Å². The minimum atomic E-state index is -0.908. The molecule has 9 atom stereocenters. The van der Waals surface area contributed by atoms with Crippen LogP contribution >= 0.6 is 0 Å². The van der Waals surface area contributed by atoms with E-state index in [0.717, 1.165) is 51.4 Å². The van der Waals surface area contributed by atoms with E-state index in [2.05, 4.69) is 52.5 Å². The monoisotopic (exact) mass is 979 g/mol. The fraction of sp³-hybridized carbons (Fsp3) is 0.867. The summed E-state index contributed by atoms with van der Waals surface area (Å²) in [6.45, 7) is 28.7. The Labute approximate surface area is 425 Å². The molecule has 0 saturated carbocycles. The van der Waals surface area contributed by atoms with Gasteiger partial charge in [0, 0.05) is 0 Å². The maximum Gasteiger partial charge on any atom is 0.0800 e. The highest BCUT2D eigenvalue weighted by molar-refractivity contribution is 5.05. The second-order valence-corrected chi connectivity index (χ2v) is 25.4. The van der Waals surface area contributed by atoms with E-state index in [9.17, 15) is 46.0 Å². The van der Waals surface area contributed by atoms with E-state index >= 15 is 0 Å². The quantitative estimate of drug-likeness (QED) is 0.0269. The summed E-state index contributed by atoms with van der Waals surface area (Å²) < 4.78 is 0. The number of allylic oxidation sites excluding steroid dienone is 6. The summed E-state index contributed by atoms with van der Waals surface area (Å²) in [4.78, 5) is 0. The van der Waals surface area contributed by atoms with Crippen molar-refractivity contribution in [1.82, 2.24) is 0 Å². The number of aliphatic hydroxyl groups is 9. The van der Waals surface area contributed by atoms with Crippen LogP contribution in [0.15, 0.2) is 47.6 Å². The first-order chi connectivity index (χ1) is 31.4. The number of hydrogen-bond donors (Lipinski definition) is 9. The van der Waals surface area contributed by atoms with E-state index in [0.29, 0.717) is 141 Å². The lowest BCUT2D eigenvalue weighted by molar-refractivity contribution is -0.00863. The average molecular weight is 980 g/mol. The normalized spacial score (nSPS) is 20.7. The average Bonchev–Trinajstić information content (AvgIpc) is 3.16. The van der Waals surface area contributed by atoms with Crippen molar-refractivity contribution in [3.05, 3.63) is 47.6 Å². The summed E-state index contributed by atoms with van der Waals surface area (Å²) in [5, 5.41) is 98.5. The Hall–Kier alpha value is -1.40. The summed E-state index contributed by atoms with van der Waals surface area (Å²) in [7, 11) is 0. The van der Waals surface area contributed by atoms with Gasteiger partial charge in [-0.05, 0) is 283 Å². The highest BCUT2D eigenvalue weighted by Gasteiger charge is 2.31. The van der Waals surface area contributed by atoms with E-state index in [-0.39, 0.29) is 0 Å². The van der Waals surface area contributed by atoms with Gasteiger partial charge in [-0.1, -0.05) is 41.0 Å². The molecule has 0 aromatic carbocycles. The van der Waals surface area contributed by atoms with Gasteiger partial charge in [0.05, 0.1) is 50.4 Å². The second-order valence-electron chi connectivity index (χ2n) is 25.4. The topological polar surface area (TPSA) is 182 Å². The Morgan fingerprint density at radius 3 is 0.812 bits per heavy atom. The van der Waals surface area contributed by atoms with Crippen LogP contribution in [0.4, 0.5) is 0 Å². The maximum atomic E-state index is 11.2. The smallest absolute Gasteiger partial charge is 0.0800 e. The summed E-state index contributed by atoms with van der Waals surface area (Å²) in [5.74, 6) is 0. The van der Waals surface area contributed by atoms with Gasteiger partial charge in [-0.3, -0.25) is 0 Å². The van der Waals surface area contributed by atoms with Gasteiger partial charge in [-0.25, -0.2) is 0 Å². The molecule has 0 fully saturated rings. The van der Waals surface area contributed by atoms with Crippen LogP contribution in [0.25, 0.3) is 0 Å². The zero-order valence-electron chi connectivity index (χ0n) is 47.3. The lowest BCUT2D eigenvalue weighted by Crippen LogP contribution is -2.31. The largest absolute Gasteiger partial charge is 0.390 e. The predicted octanol–water partition coefficient (Wildman–Crippen LogP) is 13.5. The second kappa shape index (κ2) is 31.4. The highest BCUT2D eigenvalue weighted by atomic mass is 16.3. The van der Waals surface area contributed by atoms with Gasteiger partial charge in [-0.15, -0.1) is 6.58 Å². The standard InChI is InChI=1S/C60H114O9/c1-15-52(6,61)32-18-30-50(4)28-16-29-51(5)31-19-34-54(8,63)36-21-38-56(10,65)40-23-42-58(12,67)44-25-46-60(14,69)48-26-47-59(13,68)45-24-43-57(11,66)41-22-39-55(9,64)37-20-35-53(7,62)33-17-27-49(2)3/h15,27,29-30,61-69H,1,16-26,28,31-48H2,2-14H3. The molecular formula is C60H114O9. The molecule has 0 aliphatic rings. The van der Waals surface area contributed by atoms with Gasteiger partial charge in [0.25, 0.3) is 0 Å². The first kappa shape index (κ1) is 67.6. The molecule has 0 aromatic heterocycles. The Morgan fingerprint density at radius 2 is 0.536 bits per heavy atom. The van der Waals surface area contributed by atoms with Crippen LogP contribution in [0.1, 0.15) is 283 Å². The summed E-state index contributed by atoms with van der Waals surface area (Å²) in [6.07, 6.45) is 28.8. The molecule has 0 rings (SSSR count). The van der Waals surface area contributed by atoms with E-state index in [4.69, 9.17) is 0 Å². The van der Waals surface area contributed by atoms with Crippen LogP contribution in [-0.4, -0.2) is 96.4 Å². The Balaban J connectivity index is 4.44. The van der Waals surface area contributed by atoms with Gasteiger partial charge in [-0.2, -0.15) is 0 Å².